The molecule has 1 aliphatic heterocycles. The minimum absolute atomic E-state index is 0.348. The number of rotatable bonds is 5. The Balaban J connectivity index is 1.70. The van der Waals surface area contributed by atoms with E-state index in [2.05, 4.69) is 14.8 Å². The highest BCUT2D eigenvalue weighted by Crippen LogP contribution is 2.45. The number of hydrogen-bond acceptors (Lipinski definition) is 7. The molecule has 1 aromatic heterocycles. The van der Waals surface area contributed by atoms with Crippen molar-refractivity contribution in [1.29, 1.82) is 0 Å². The van der Waals surface area contributed by atoms with Crippen molar-refractivity contribution in [3.8, 4) is 0 Å². The van der Waals surface area contributed by atoms with Crippen LogP contribution in [0.1, 0.15) is 22.3 Å². The topological polar surface area (TPSA) is 75.5 Å². The standard InChI is InChI=1S/C26H23N3O3S/c1-16-7-10-19(11-8-16)26(31)21(14-17-5-4-6-20(13-17)29(2)3)24(25(30)32-26)18-9-12-22-23(15-18)28-33-27-22/h4-13,15,31H,14H2,1-3H3. The lowest BCUT2D eigenvalue weighted by Gasteiger charge is -2.26. The van der Waals surface area contributed by atoms with Crippen LogP contribution in [-0.4, -0.2) is 33.9 Å². The highest BCUT2D eigenvalue weighted by Gasteiger charge is 2.48. The maximum atomic E-state index is 13.2. The fourth-order valence-corrected chi connectivity index (χ4v) is 4.66. The summed E-state index contributed by atoms with van der Waals surface area (Å²) in [6.45, 7) is 1.97. The van der Waals surface area contributed by atoms with Crippen molar-refractivity contribution in [3.05, 3.63) is 94.6 Å². The summed E-state index contributed by atoms with van der Waals surface area (Å²) in [4.78, 5) is 15.2. The number of aliphatic hydroxyl groups is 1. The number of benzene rings is 3. The summed E-state index contributed by atoms with van der Waals surface area (Å²) in [5, 5.41) is 11.8. The largest absolute Gasteiger partial charge is 0.421 e. The molecule has 1 aliphatic rings. The number of hydrogen-bond donors (Lipinski definition) is 1. The molecule has 33 heavy (non-hydrogen) atoms. The second-order valence-electron chi connectivity index (χ2n) is 8.46. The molecule has 0 saturated carbocycles. The second-order valence-corrected chi connectivity index (χ2v) is 8.99. The molecule has 5 rings (SSSR count). The first-order chi connectivity index (χ1) is 15.8. The lowest BCUT2D eigenvalue weighted by molar-refractivity contribution is -0.185. The molecule has 7 heteroatoms. The number of nitrogens with zero attached hydrogens (tertiary/aromatic N) is 3. The van der Waals surface area contributed by atoms with E-state index in [1.54, 1.807) is 12.1 Å². The Morgan fingerprint density at radius 2 is 1.76 bits per heavy atom. The Kier molecular flexibility index (Phi) is 5.23. The quantitative estimate of drug-likeness (QED) is 0.446. The first-order valence-corrected chi connectivity index (χ1v) is 11.3. The van der Waals surface area contributed by atoms with Gasteiger partial charge >= 0.3 is 5.97 Å². The van der Waals surface area contributed by atoms with Crippen molar-refractivity contribution in [2.24, 2.45) is 0 Å². The van der Waals surface area contributed by atoms with Gasteiger partial charge in [-0.05, 0) is 42.3 Å². The van der Waals surface area contributed by atoms with Gasteiger partial charge in [-0.25, -0.2) is 4.79 Å². The molecule has 3 aromatic carbocycles. The predicted molar refractivity (Wildman–Crippen MR) is 130 cm³/mol. The molecule has 0 radical (unpaired) electrons. The number of esters is 1. The van der Waals surface area contributed by atoms with Crippen molar-refractivity contribution < 1.29 is 14.6 Å². The fourth-order valence-electron chi connectivity index (χ4n) is 4.14. The van der Waals surface area contributed by atoms with E-state index < -0.39 is 11.8 Å². The van der Waals surface area contributed by atoms with E-state index in [9.17, 15) is 9.90 Å². The van der Waals surface area contributed by atoms with Gasteiger partial charge in [-0.1, -0.05) is 48.0 Å². The van der Waals surface area contributed by atoms with Crippen LogP contribution < -0.4 is 4.90 Å². The molecule has 6 nitrogen and oxygen atoms in total. The molecule has 0 amide bonds. The van der Waals surface area contributed by atoms with Gasteiger partial charge < -0.3 is 14.7 Å². The lowest BCUT2D eigenvalue weighted by Crippen LogP contribution is -2.29. The Labute approximate surface area is 196 Å². The predicted octanol–water partition coefficient (Wildman–Crippen LogP) is 4.46. The summed E-state index contributed by atoms with van der Waals surface area (Å²) in [6.07, 6.45) is 0.348. The van der Waals surface area contributed by atoms with Crippen LogP contribution in [0, 0.1) is 6.92 Å². The maximum absolute atomic E-state index is 13.2. The number of fused-ring (bicyclic) bond motifs is 1. The van der Waals surface area contributed by atoms with E-state index in [4.69, 9.17) is 4.74 Å². The number of aryl methyl sites for hydroxylation is 1. The molecule has 1 atom stereocenters. The minimum atomic E-state index is -1.86. The van der Waals surface area contributed by atoms with Gasteiger partial charge in [0.25, 0.3) is 5.79 Å². The van der Waals surface area contributed by atoms with Gasteiger partial charge in [0.2, 0.25) is 0 Å². The minimum Gasteiger partial charge on any atom is -0.421 e. The molecule has 0 saturated heterocycles. The first kappa shape index (κ1) is 21.3. The molecule has 0 spiro atoms. The smallest absolute Gasteiger partial charge is 0.342 e. The monoisotopic (exact) mass is 457 g/mol. The highest BCUT2D eigenvalue weighted by atomic mass is 32.1. The third-order valence-corrected chi connectivity index (χ3v) is 6.51. The van der Waals surface area contributed by atoms with Gasteiger partial charge in [0.1, 0.15) is 11.0 Å². The highest BCUT2D eigenvalue weighted by molar-refractivity contribution is 7.00. The summed E-state index contributed by atoms with van der Waals surface area (Å²) in [5.41, 5.74) is 6.58. The number of anilines is 1. The molecule has 2 heterocycles. The summed E-state index contributed by atoms with van der Waals surface area (Å²) < 4.78 is 14.3. The number of aromatic nitrogens is 2. The van der Waals surface area contributed by atoms with Crippen LogP contribution in [0.4, 0.5) is 5.69 Å². The Morgan fingerprint density at radius 1 is 1.00 bits per heavy atom. The summed E-state index contributed by atoms with van der Waals surface area (Å²) in [6, 6.07) is 20.9. The van der Waals surface area contributed by atoms with E-state index in [0.717, 1.165) is 34.1 Å². The second kappa shape index (κ2) is 8.10. The maximum Gasteiger partial charge on any atom is 0.342 e. The van der Waals surface area contributed by atoms with Gasteiger partial charge in [0.15, 0.2) is 0 Å². The van der Waals surface area contributed by atoms with Crippen molar-refractivity contribution in [1.82, 2.24) is 8.75 Å². The number of carbonyl (C=O) groups excluding carboxylic acids is 1. The van der Waals surface area contributed by atoms with E-state index in [-0.39, 0.29) is 0 Å². The van der Waals surface area contributed by atoms with E-state index in [0.29, 0.717) is 34.2 Å². The normalized spacial score (nSPS) is 18.1. The van der Waals surface area contributed by atoms with Crippen LogP contribution in [0.2, 0.25) is 0 Å². The fraction of sp³-hybridized carbons (Fsp3) is 0.192. The average molecular weight is 458 g/mol. The van der Waals surface area contributed by atoms with Crippen LogP contribution >= 0.6 is 11.7 Å². The van der Waals surface area contributed by atoms with Gasteiger partial charge in [-0.15, -0.1) is 0 Å². The Bertz CT molecular complexity index is 1390. The molecule has 1 N–H and O–H groups in total. The third-order valence-electron chi connectivity index (χ3n) is 5.95. The molecule has 0 aliphatic carbocycles. The van der Waals surface area contributed by atoms with Gasteiger partial charge in [0, 0.05) is 37.3 Å². The van der Waals surface area contributed by atoms with Gasteiger partial charge in [-0.2, -0.15) is 8.75 Å². The van der Waals surface area contributed by atoms with Crippen molar-refractivity contribution in [2.75, 3.05) is 19.0 Å². The first-order valence-electron chi connectivity index (χ1n) is 10.6. The van der Waals surface area contributed by atoms with Gasteiger partial charge in [-0.3, -0.25) is 0 Å². The zero-order valence-electron chi connectivity index (χ0n) is 18.6. The van der Waals surface area contributed by atoms with Crippen LogP contribution in [0.3, 0.4) is 0 Å². The zero-order valence-corrected chi connectivity index (χ0v) is 19.4. The molecule has 0 bridgehead atoms. The molecule has 4 aromatic rings. The average Bonchev–Trinajstić information content (AvgIpc) is 3.36. The van der Waals surface area contributed by atoms with Gasteiger partial charge in [0.05, 0.1) is 17.3 Å². The lowest BCUT2D eigenvalue weighted by atomic mass is 9.87. The van der Waals surface area contributed by atoms with E-state index in [1.165, 1.54) is 0 Å². The van der Waals surface area contributed by atoms with Crippen molar-refractivity contribution in [2.45, 2.75) is 19.1 Å². The Hall–Kier alpha value is -3.55. The summed E-state index contributed by atoms with van der Waals surface area (Å²) in [7, 11) is 3.96. The molecule has 166 valence electrons. The van der Waals surface area contributed by atoms with Crippen LogP contribution in [-0.2, 0) is 21.7 Å². The van der Waals surface area contributed by atoms with Crippen LogP contribution in [0.25, 0.3) is 16.6 Å². The SMILES string of the molecule is Cc1ccc(C2(O)OC(=O)C(c3ccc4nsnc4c3)=C2Cc2cccc(N(C)C)c2)cc1. The molecular weight excluding hydrogens is 434 g/mol. The third kappa shape index (κ3) is 3.79. The number of cyclic esters (lactones) is 1. The summed E-state index contributed by atoms with van der Waals surface area (Å²) in [5.74, 6) is -2.41. The number of carbonyl (C=O) groups is 1. The molecule has 0 fully saturated rings. The molecular formula is C26H23N3O3S. The Morgan fingerprint density at radius 3 is 2.52 bits per heavy atom. The van der Waals surface area contributed by atoms with E-state index >= 15 is 0 Å². The zero-order chi connectivity index (χ0) is 23.2. The van der Waals surface area contributed by atoms with Crippen LogP contribution in [0.5, 0.6) is 0 Å². The van der Waals surface area contributed by atoms with Crippen molar-refractivity contribution >= 4 is 40.0 Å². The van der Waals surface area contributed by atoms with Crippen LogP contribution in [0.15, 0.2) is 72.3 Å². The summed E-state index contributed by atoms with van der Waals surface area (Å²) >= 11 is 1.12. The number of ether oxygens (including phenoxy) is 1. The molecule has 1 unspecified atom stereocenters. The van der Waals surface area contributed by atoms with E-state index in [1.807, 2.05) is 74.4 Å². The van der Waals surface area contributed by atoms with Crippen molar-refractivity contribution in [3.63, 3.8) is 0 Å².